The third kappa shape index (κ3) is 6.47. The van der Waals surface area contributed by atoms with Crippen LogP contribution in [0, 0.1) is 16.0 Å². The van der Waals surface area contributed by atoms with E-state index < -0.39 is 0 Å². The maximum absolute atomic E-state index is 12.9. The summed E-state index contributed by atoms with van der Waals surface area (Å²) in [5.74, 6) is 0.237. The summed E-state index contributed by atoms with van der Waals surface area (Å²) in [5, 5.41) is 11.8. The molecule has 2 amide bonds. The van der Waals surface area contributed by atoms with E-state index in [9.17, 15) is 19.7 Å². The van der Waals surface area contributed by atoms with Gasteiger partial charge in [-0.05, 0) is 34.6 Å². The van der Waals surface area contributed by atoms with E-state index in [2.05, 4.69) is 0 Å². The van der Waals surface area contributed by atoms with Crippen molar-refractivity contribution in [2.75, 3.05) is 32.8 Å². The molecule has 0 spiro atoms. The molecular weight excluding hydrogens is 446 g/mol. The van der Waals surface area contributed by atoms with Crippen LogP contribution in [0.2, 0.25) is 0 Å². The fourth-order valence-corrected chi connectivity index (χ4v) is 4.08. The summed E-state index contributed by atoms with van der Waals surface area (Å²) in [5.41, 5.74) is 2.90. The maximum atomic E-state index is 12.9. The SMILES string of the molecule is CC(C)COC(=O)N1CCN(C(=O)/C=C/c2cccc([N+](=O)[O-])c2-c2ccccc2C(C)C)CC1. The van der Waals surface area contributed by atoms with Crippen LogP contribution in [0.1, 0.15) is 44.7 Å². The molecule has 0 N–H and O–H groups in total. The first-order valence-electron chi connectivity index (χ1n) is 11.9. The first-order chi connectivity index (χ1) is 16.7. The van der Waals surface area contributed by atoms with Crippen molar-refractivity contribution >= 4 is 23.8 Å². The van der Waals surface area contributed by atoms with Crippen LogP contribution in [-0.2, 0) is 9.53 Å². The number of nitro groups is 1. The van der Waals surface area contributed by atoms with E-state index >= 15 is 0 Å². The zero-order valence-electron chi connectivity index (χ0n) is 20.8. The van der Waals surface area contributed by atoms with Crippen LogP contribution in [0.4, 0.5) is 10.5 Å². The second-order valence-electron chi connectivity index (χ2n) is 9.36. The van der Waals surface area contributed by atoms with Gasteiger partial charge in [0.05, 0.1) is 17.1 Å². The van der Waals surface area contributed by atoms with Gasteiger partial charge in [-0.15, -0.1) is 0 Å². The number of nitro benzene ring substituents is 1. The standard InChI is InChI=1S/C27H33N3O5/c1-19(2)18-35-27(32)29-16-14-28(15-17-29)25(31)13-12-21-8-7-11-24(30(33)34)26(21)23-10-6-5-9-22(23)20(3)4/h5-13,19-20H,14-18H2,1-4H3/b13-12+. The van der Waals surface area contributed by atoms with Gasteiger partial charge in [0.15, 0.2) is 0 Å². The number of rotatable bonds is 7. The third-order valence-corrected chi connectivity index (χ3v) is 5.92. The maximum Gasteiger partial charge on any atom is 0.409 e. The fraction of sp³-hybridized carbons (Fsp3) is 0.407. The number of ether oxygens (including phenoxy) is 1. The monoisotopic (exact) mass is 479 g/mol. The molecule has 8 heteroatoms. The van der Waals surface area contributed by atoms with Gasteiger partial charge in [0.25, 0.3) is 5.69 Å². The first kappa shape index (κ1) is 25.9. The van der Waals surface area contributed by atoms with Crippen LogP contribution in [0.25, 0.3) is 17.2 Å². The quantitative estimate of drug-likeness (QED) is 0.304. The molecule has 0 saturated carbocycles. The highest BCUT2D eigenvalue weighted by molar-refractivity contribution is 5.94. The minimum Gasteiger partial charge on any atom is -0.449 e. The largest absolute Gasteiger partial charge is 0.449 e. The first-order valence-corrected chi connectivity index (χ1v) is 11.9. The molecule has 35 heavy (non-hydrogen) atoms. The van der Waals surface area contributed by atoms with Crippen molar-refractivity contribution in [2.24, 2.45) is 5.92 Å². The molecule has 0 radical (unpaired) electrons. The van der Waals surface area contributed by atoms with Gasteiger partial charge in [-0.2, -0.15) is 0 Å². The fourth-order valence-electron chi connectivity index (χ4n) is 4.08. The number of hydrogen-bond donors (Lipinski definition) is 0. The van der Waals surface area contributed by atoms with Crippen molar-refractivity contribution in [3.8, 4) is 11.1 Å². The van der Waals surface area contributed by atoms with Crippen LogP contribution in [-0.4, -0.2) is 59.5 Å². The van der Waals surface area contributed by atoms with E-state index in [0.29, 0.717) is 43.9 Å². The average Bonchev–Trinajstić information content (AvgIpc) is 2.85. The Morgan fingerprint density at radius 2 is 1.66 bits per heavy atom. The Hall–Kier alpha value is -3.68. The summed E-state index contributed by atoms with van der Waals surface area (Å²) in [6.07, 6.45) is 2.74. The van der Waals surface area contributed by atoms with Crippen molar-refractivity contribution in [2.45, 2.75) is 33.6 Å². The van der Waals surface area contributed by atoms with Crippen LogP contribution >= 0.6 is 0 Å². The molecule has 1 heterocycles. The predicted octanol–water partition coefficient (Wildman–Crippen LogP) is 5.34. The molecule has 1 fully saturated rings. The van der Waals surface area contributed by atoms with Gasteiger partial charge in [0.2, 0.25) is 5.91 Å². The number of hydrogen-bond acceptors (Lipinski definition) is 5. The Morgan fingerprint density at radius 3 is 2.29 bits per heavy atom. The molecule has 0 bridgehead atoms. The number of amides is 2. The van der Waals surface area contributed by atoms with Crippen molar-refractivity contribution in [3.05, 3.63) is 69.8 Å². The Balaban J connectivity index is 1.79. The smallest absolute Gasteiger partial charge is 0.409 e. The summed E-state index contributed by atoms with van der Waals surface area (Å²) in [7, 11) is 0. The van der Waals surface area contributed by atoms with Gasteiger partial charge < -0.3 is 14.5 Å². The summed E-state index contributed by atoms with van der Waals surface area (Å²) < 4.78 is 5.27. The molecule has 0 aliphatic carbocycles. The predicted molar refractivity (Wildman–Crippen MR) is 136 cm³/mol. The Morgan fingerprint density at radius 1 is 1.00 bits per heavy atom. The molecule has 1 aliphatic rings. The molecule has 1 saturated heterocycles. The molecule has 8 nitrogen and oxygen atoms in total. The lowest BCUT2D eigenvalue weighted by Crippen LogP contribution is -2.50. The lowest BCUT2D eigenvalue weighted by atomic mass is 9.89. The molecule has 1 aliphatic heterocycles. The summed E-state index contributed by atoms with van der Waals surface area (Å²) >= 11 is 0. The number of carbonyl (C=O) groups is 2. The number of nitrogens with zero attached hydrogens (tertiary/aromatic N) is 3. The number of carbonyl (C=O) groups excluding carboxylic acids is 2. The number of benzene rings is 2. The zero-order chi connectivity index (χ0) is 25.5. The van der Waals surface area contributed by atoms with E-state index in [1.165, 1.54) is 12.1 Å². The highest BCUT2D eigenvalue weighted by Gasteiger charge is 2.25. The van der Waals surface area contributed by atoms with E-state index in [0.717, 1.165) is 11.1 Å². The molecule has 0 aromatic heterocycles. The number of piperazine rings is 1. The van der Waals surface area contributed by atoms with E-state index in [1.807, 2.05) is 52.0 Å². The minimum absolute atomic E-state index is 0.00113. The molecule has 0 atom stereocenters. The normalized spacial score (nSPS) is 14.1. The van der Waals surface area contributed by atoms with Crippen LogP contribution in [0.3, 0.4) is 0 Å². The van der Waals surface area contributed by atoms with Gasteiger partial charge >= 0.3 is 6.09 Å². The van der Waals surface area contributed by atoms with E-state index in [4.69, 9.17) is 4.74 Å². The molecule has 2 aromatic carbocycles. The summed E-state index contributed by atoms with van der Waals surface area (Å²) in [6.45, 7) is 10.0. The molecule has 186 valence electrons. The second kappa shape index (κ2) is 11.6. The topological polar surface area (TPSA) is 93.0 Å². The van der Waals surface area contributed by atoms with E-state index in [1.54, 1.807) is 28.0 Å². The molecule has 3 rings (SSSR count). The summed E-state index contributed by atoms with van der Waals surface area (Å²) in [4.78, 5) is 39.8. The van der Waals surface area contributed by atoms with Gasteiger partial charge in [-0.25, -0.2) is 4.79 Å². The van der Waals surface area contributed by atoms with Crippen LogP contribution < -0.4 is 0 Å². The highest BCUT2D eigenvalue weighted by Crippen LogP contribution is 2.38. The third-order valence-electron chi connectivity index (χ3n) is 5.92. The Kier molecular flexibility index (Phi) is 8.63. The minimum atomic E-state index is -0.386. The lowest BCUT2D eigenvalue weighted by Gasteiger charge is -2.33. The van der Waals surface area contributed by atoms with Crippen molar-refractivity contribution < 1.29 is 19.2 Å². The summed E-state index contributed by atoms with van der Waals surface area (Å²) in [6, 6.07) is 12.5. The second-order valence-corrected chi connectivity index (χ2v) is 9.36. The van der Waals surface area contributed by atoms with Crippen LogP contribution in [0.15, 0.2) is 48.5 Å². The van der Waals surface area contributed by atoms with Gasteiger partial charge in [0.1, 0.15) is 0 Å². The molecular formula is C27H33N3O5. The van der Waals surface area contributed by atoms with Gasteiger partial charge in [0, 0.05) is 38.3 Å². The van der Waals surface area contributed by atoms with Crippen molar-refractivity contribution in [1.29, 1.82) is 0 Å². The van der Waals surface area contributed by atoms with Crippen LogP contribution in [0.5, 0.6) is 0 Å². The zero-order valence-corrected chi connectivity index (χ0v) is 20.8. The average molecular weight is 480 g/mol. The van der Waals surface area contributed by atoms with Gasteiger partial charge in [-0.3, -0.25) is 14.9 Å². The highest BCUT2D eigenvalue weighted by atomic mass is 16.6. The Labute approximate surface area is 206 Å². The van der Waals surface area contributed by atoms with Crippen molar-refractivity contribution in [3.63, 3.8) is 0 Å². The van der Waals surface area contributed by atoms with Crippen molar-refractivity contribution in [1.82, 2.24) is 9.80 Å². The lowest BCUT2D eigenvalue weighted by molar-refractivity contribution is -0.384. The van der Waals surface area contributed by atoms with E-state index in [-0.39, 0.29) is 34.4 Å². The molecule has 0 unspecified atom stereocenters. The van der Waals surface area contributed by atoms with Gasteiger partial charge in [-0.1, -0.05) is 64.1 Å². The molecule has 2 aromatic rings. The Bertz CT molecular complexity index is 1100.